The molecule has 0 spiro atoms. The van der Waals surface area contributed by atoms with Crippen molar-refractivity contribution in [2.75, 3.05) is 31.6 Å². The van der Waals surface area contributed by atoms with Gasteiger partial charge in [-0.25, -0.2) is 0 Å². The van der Waals surface area contributed by atoms with Crippen LogP contribution < -0.4 is 10.1 Å². The summed E-state index contributed by atoms with van der Waals surface area (Å²) < 4.78 is 5.90. The fourth-order valence-corrected chi connectivity index (χ4v) is 3.07. The maximum atomic E-state index is 12.6. The van der Waals surface area contributed by atoms with E-state index in [0.717, 1.165) is 25.2 Å². The van der Waals surface area contributed by atoms with Gasteiger partial charge in [0, 0.05) is 13.0 Å². The molecule has 1 atom stereocenters. The molecule has 0 fully saturated rings. The van der Waals surface area contributed by atoms with Crippen LogP contribution in [0.25, 0.3) is 0 Å². The lowest BCUT2D eigenvalue weighted by atomic mass is 10.0. The van der Waals surface area contributed by atoms with Crippen molar-refractivity contribution in [3.8, 4) is 5.75 Å². The third-order valence-electron chi connectivity index (χ3n) is 4.80. The van der Waals surface area contributed by atoms with Gasteiger partial charge in [0.2, 0.25) is 0 Å². The van der Waals surface area contributed by atoms with Crippen LogP contribution in [0, 0.1) is 0 Å². The number of hydrogen-bond acceptors (Lipinski definition) is 5. The minimum Gasteiger partial charge on any atom is -0.490 e. The zero-order chi connectivity index (χ0) is 19.8. The monoisotopic (exact) mass is 381 g/mol. The average molecular weight is 381 g/mol. The second-order valence-electron chi connectivity index (χ2n) is 6.57. The fraction of sp³-hybridized carbons (Fsp3) is 0.364. The Hall–Kier alpha value is -2.86. The molecule has 1 unspecified atom stereocenters. The Morgan fingerprint density at radius 2 is 1.86 bits per heavy atom. The highest BCUT2D eigenvalue weighted by molar-refractivity contribution is 6.43. The Kier molecular flexibility index (Phi) is 7.03. The molecule has 2 aromatic carbocycles. The molecule has 1 heterocycles. The van der Waals surface area contributed by atoms with Gasteiger partial charge in [-0.05, 0) is 30.8 Å². The number of carbonyl (C=O) groups excluding carboxylic acids is 1. The summed E-state index contributed by atoms with van der Waals surface area (Å²) in [5.74, 6) is 0.389. The lowest BCUT2D eigenvalue weighted by Gasteiger charge is -2.19. The number of carbonyl (C=O) groups is 1. The number of oxime groups is 1. The van der Waals surface area contributed by atoms with Gasteiger partial charge in [0.25, 0.3) is 5.91 Å². The molecular formula is C22H27N3O3. The Labute approximate surface area is 166 Å². The summed E-state index contributed by atoms with van der Waals surface area (Å²) >= 11 is 0. The summed E-state index contributed by atoms with van der Waals surface area (Å²) in [7, 11) is 0. The second kappa shape index (κ2) is 9.90. The van der Waals surface area contributed by atoms with Crippen molar-refractivity contribution in [2.24, 2.45) is 5.16 Å². The molecule has 28 heavy (non-hydrogen) atoms. The van der Waals surface area contributed by atoms with Crippen LogP contribution >= 0.6 is 0 Å². The van der Waals surface area contributed by atoms with E-state index in [9.17, 15) is 4.79 Å². The van der Waals surface area contributed by atoms with Crippen molar-refractivity contribution >= 4 is 17.3 Å². The van der Waals surface area contributed by atoms with E-state index in [1.807, 2.05) is 54.6 Å². The first kappa shape index (κ1) is 19.9. The van der Waals surface area contributed by atoms with Gasteiger partial charge in [-0.1, -0.05) is 61.5 Å². The SMILES string of the molecule is CCN(CC)CCOc1ccccc1NC(=O)C1=NOC(c2ccccc2)C1. The zero-order valence-corrected chi connectivity index (χ0v) is 16.4. The maximum absolute atomic E-state index is 12.6. The molecule has 0 aliphatic carbocycles. The zero-order valence-electron chi connectivity index (χ0n) is 16.4. The van der Waals surface area contributed by atoms with Crippen LogP contribution in [0.4, 0.5) is 5.69 Å². The van der Waals surface area contributed by atoms with E-state index in [0.29, 0.717) is 30.2 Å². The first-order valence-electron chi connectivity index (χ1n) is 9.74. The van der Waals surface area contributed by atoms with Gasteiger partial charge in [-0.15, -0.1) is 0 Å². The van der Waals surface area contributed by atoms with E-state index in [4.69, 9.17) is 9.57 Å². The number of rotatable bonds is 9. The summed E-state index contributed by atoms with van der Waals surface area (Å²) in [6.07, 6.45) is 0.225. The molecule has 1 amide bonds. The normalized spacial score (nSPS) is 15.8. The quantitative estimate of drug-likeness (QED) is 0.716. The van der Waals surface area contributed by atoms with Crippen molar-refractivity contribution in [2.45, 2.75) is 26.4 Å². The van der Waals surface area contributed by atoms with Crippen molar-refractivity contribution < 1.29 is 14.4 Å². The summed E-state index contributed by atoms with van der Waals surface area (Å²) in [6, 6.07) is 17.2. The predicted molar refractivity (Wildman–Crippen MR) is 111 cm³/mol. The number of ether oxygens (including phenoxy) is 1. The van der Waals surface area contributed by atoms with E-state index >= 15 is 0 Å². The van der Waals surface area contributed by atoms with E-state index in [-0.39, 0.29) is 12.0 Å². The van der Waals surface area contributed by atoms with Gasteiger partial charge in [0.15, 0.2) is 6.10 Å². The van der Waals surface area contributed by atoms with Crippen LogP contribution in [0.1, 0.15) is 31.9 Å². The summed E-state index contributed by atoms with van der Waals surface area (Å²) in [5, 5.41) is 6.89. The maximum Gasteiger partial charge on any atom is 0.273 e. The third kappa shape index (κ3) is 5.10. The van der Waals surface area contributed by atoms with Crippen LogP contribution in [0.3, 0.4) is 0 Å². The molecule has 1 aliphatic heterocycles. The topological polar surface area (TPSA) is 63.2 Å². The molecule has 0 saturated carbocycles. The first-order valence-corrected chi connectivity index (χ1v) is 9.74. The number of benzene rings is 2. The van der Waals surface area contributed by atoms with Crippen molar-refractivity contribution in [1.29, 1.82) is 0 Å². The van der Waals surface area contributed by atoms with E-state index in [2.05, 4.69) is 29.2 Å². The van der Waals surface area contributed by atoms with Crippen molar-refractivity contribution in [3.63, 3.8) is 0 Å². The Morgan fingerprint density at radius 1 is 1.14 bits per heavy atom. The highest BCUT2D eigenvalue weighted by Gasteiger charge is 2.27. The van der Waals surface area contributed by atoms with Gasteiger partial charge in [-0.3, -0.25) is 4.79 Å². The van der Waals surface area contributed by atoms with Crippen LogP contribution in [-0.4, -0.2) is 42.8 Å². The largest absolute Gasteiger partial charge is 0.490 e. The number of nitrogens with one attached hydrogen (secondary N) is 1. The molecule has 0 bridgehead atoms. The van der Waals surface area contributed by atoms with Crippen molar-refractivity contribution in [3.05, 3.63) is 60.2 Å². The molecule has 3 rings (SSSR count). The minimum absolute atomic E-state index is 0.220. The lowest BCUT2D eigenvalue weighted by molar-refractivity contribution is -0.110. The molecular weight excluding hydrogens is 354 g/mol. The highest BCUT2D eigenvalue weighted by Crippen LogP contribution is 2.28. The number of amides is 1. The fourth-order valence-electron chi connectivity index (χ4n) is 3.07. The van der Waals surface area contributed by atoms with Gasteiger partial charge >= 0.3 is 0 Å². The second-order valence-corrected chi connectivity index (χ2v) is 6.57. The Bertz CT molecular complexity index is 804. The van der Waals surface area contributed by atoms with E-state index in [1.165, 1.54) is 0 Å². The third-order valence-corrected chi connectivity index (χ3v) is 4.80. The van der Waals surface area contributed by atoms with Crippen LogP contribution in [0.2, 0.25) is 0 Å². The molecule has 6 nitrogen and oxygen atoms in total. The van der Waals surface area contributed by atoms with Crippen LogP contribution in [0.5, 0.6) is 5.75 Å². The number of hydrogen-bond donors (Lipinski definition) is 1. The molecule has 6 heteroatoms. The van der Waals surface area contributed by atoms with Gasteiger partial charge in [-0.2, -0.15) is 0 Å². The van der Waals surface area contributed by atoms with E-state index in [1.54, 1.807) is 0 Å². The standard InChI is InChI=1S/C22H27N3O3/c1-3-25(4-2)14-15-27-20-13-9-8-12-18(20)23-22(26)19-16-21(28-24-19)17-10-6-5-7-11-17/h5-13,21H,3-4,14-16H2,1-2H3,(H,23,26). The molecule has 1 aliphatic rings. The molecule has 2 aromatic rings. The molecule has 1 N–H and O–H groups in total. The Balaban J connectivity index is 1.57. The highest BCUT2D eigenvalue weighted by atomic mass is 16.6. The first-order chi connectivity index (χ1) is 13.7. The summed E-state index contributed by atoms with van der Waals surface area (Å²) in [6.45, 7) is 7.64. The molecule has 0 aromatic heterocycles. The lowest BCUT2D eigenvalue weighted by Crippen LogP contribution is -2.28. The summed E-state index contributed by atoms with van der Waals surface area (Å²) in [4.78, 5) is 20.4. The number of nitrogens with zero attached hydrogens (tertiary/aromatic N) is 2. The van der Waals surface area contributed by atoms with Crippen LogP contribution in [-0.2, 0) is 9.63 Å². The molecule has 0 saturated heterocycles. The molecule has 148 valence electrons. The minimum atomic E-state index is -0.266. The van der Waals surface area contributed by atoms with E-state index < -0.39 is 0 Å². The van der Waals surface area contributed by atoms with Crippen LogP contribution in [0.15, 0.2) is 59.8 Å². The smallest absolute Gasteiger partial charge is 0.273 e. The van der Waals surface area contributed by atoms with Gasteiger partial charge in [0.05, 0.1) is 5.69 Å². The predicted octanol–water partition coefficient (Wildman–Crippen LogP) is 3.86. The number of likely N-dealkylation sites (N-methyl/N-ethyl adjacent to an activating group) is 1. The van der Waals surface area contributed by atoms with Gasteiger partial charge in [0.1, 0.15) is 18.1 Å². The van der Waals surface area contributed by atoms with Crippen molar-refractivity contribution in [1.82, 2.24) is 4.90 Å². The number of anilines is 1. The Morgan fingerprint density at radius 3 is 2.61 bits per heavy atom. The van der Waals surface area contributed by atoms with Gasteiger partial charge < -0.3 is 19.8 Å². The molecule has 0 radical (unpaired) electrons. The number of para-hydroxylation sites is 2. The average Bonchev–Trinajstić information content (AvgIpc) is 3.23. The summed E-state index contributed by atoms with van der Waals surface area (Å²) in [5.41, 5.74) is 2.03.